The summed E-state index contributed by atoms with van der Waals surface area (Å²) in [5.74, 6) is 0.856. The van der Waals surface area contributed by atoms with Gasteiger partial charge in [0.2, 0.25) is 0 Å². The Morgan fingerprint density at radius 1 is 1.50 bits per heavy atom. The highest BCUT2D eigenvalue weighted by Gasteiger charge is 2.33. The van der Waals surface area contributed by atoms with Crippen molar-refractivity contribution in [2.24, 2.45) is 5.92 Å². The van der Waals surface area contributed by atoms with Gasteiger partial charge in [0.25, 0.3) is 0 Å². The van der Waals surface area contributed by atoms with E-state index >= 15 is 0 Å². The molecule has 3 rings (SSSR count). The van der Waals surface area contributed by atoms with Gasteiger partial charge in [0.1, 0.15) is 11.9 Å². The Morgan fingerprint density at radius 3 is 3.05 bits per heavy atom. The average Bonchev–Trinajstić information content (AvgIpc) is 3.12. The van der Waals surface area contributed by atoms with Crippen LogP contribution in [0.4, 0.5) is 5.82 Å². The van der Waals surface area contributed by atoms with E-state index in [4.69, 9.17) is 16.9 Å². The van der Waals surface area contributed by atoms with Crippen LogP contribution < -0.4 is 5.32 Å². The van der Waals surface area contributed by atoms with Gasteiger partial charge in [-0.2, -0.15) is 10.4 Å². The summed E-state index contributed by atoms with van der Waals surface area (Å²) in [6, 6.07) is 5.36. The lowest BCUT2D eigenvalue weighted by atomic mass is 10.1. The van der Waals surface area contributed by atoms with E-state index in [1.807, 2.05) is 23.0 Å². The fourth-order valence-electron chi connectivity index (χ4n) is 2.88. The lowest BCUT2D eigenvalue weighted by Crippen LogP contribution is -2.28. The molecule has 2 aromatic rings. The summed E-state index contributed by atoms with van der Waals surface area (Å²) in [5.41, 5.74) is 0.416. The van der Waals surface area contributed by atoms with Crippen LogP contribution in [0.15, 0.2) is 30.7 Å². The molecule has 1 aliphatic carbocycles. The largest absolute Gasteiger partial charge is 0.391 e. The minimum absolute atomic E-state index is 0.0986. The number of aliphatic hydroxyl groups is 1. The van der Waals surface area contributed by atoms with Gasteiger partial charge in [-0.05, 0) is 30.9 Å². The number of hydrogen-bond donors (Lipinski definition) is 2. The molecule has 3 atom stereocenters. The van der Waals surface area contributed by atoms with Crippen LogP contribution in [-0.4, -0.2) is 32.0 Å². The van der Waals surface area contributed by atoms with E-state index in [9.17, 15) is 5.11 Å². The molecule has 1 fully saturated rings. The second-order valence-corrected chi connectivity index (χ2v) is 5.96. The molecule has 0 saturated heterocycles. The van der Waals surface area contributed by atoms with Crippen LogP contribution >= 0.6 is 11.6 Å². The number of aromatic nitrogens is 3. The van der Waals surface area contributed by atoms with Crippen LogP contribution in [0.25, 0.3) is 0 Å². The first-order chi connectivity index (χ1) is 10.7. The van der Waals surface area contributed by atoms with Crippen molar-refractivity contribution in [3.05, 3.63) is 41.3 Å². The smallest absolute Gasteiger partial charge is 0.145 e. The molecule has 2 aromatic heterocycles. The topological polar surface area (TPSA) is 86.8 Å². The molecule has 1 unspecified atom stereocenters. The summed E-state index contributed by atoms with van der Waals surface area (Å²) in [4.78, 5) is 4.15. The van der Waals surface area contributed by atoms with Crippen molar-refractivity contribution in [2.75, 3.05) is 5.32 Å². The fourth-order valence-corrected chi connectivity index (χ4v) is 3.10. The zero-order chi connectivity index (χ0) is 15.5. The van der Waals surface area contributed by atoms with Crippen LogP contribution in [0, 0.1) is 17.2 Å². The Kier molecular flexibility index (Phi) is 4.27. The van der Waals surface area contributed by atoms with Crippen LogP contribution in [0.3, 0.4) is 0 Å². The minimum Gasteiger partial charge on any atom is -0.391 e. The molecule has 0 amide bonds. The van der Waals surface area contributed by atoms with Crippen molar-refractivity contribution in [3.8, 4) is 6.07 Å². The number of pyridine rings is 1. The average molecular weight is 318 g/mol. The lowest BCUT2D eigenvalue weighted by molar-refractivity contribution is 0.166. The van der Waals surface area contributed by atoms with E-state index in [1.165, 1.54) is 6.20 Å². The molecule has 2 heterocycles. The highest BCUT2D eigenvalue weighted by Crippen LogP contribution is 2.31. The van der Waals surface area contributed by atoms with Gasteiger partial charge in [0, 0.05) is 25.1 Å². The Labute approximate surface area is 133 Å². The molecule has 0 radical (unpaired) electrons. The molecule has 0 aliphatic heterocycles. The minimum atomic E-state index is -0.450. The normalized spacial score (nSPS) is 24.1. The van der Waals surface area contributed by atoms with E-state index in [1.54, 1.807) is 12.3 Å². The second-order valence-electron chi connectivity index (χ2n) is 5.55. The molecule has 7 heteroatoms. The number of nitrogens with one attached hydrogen (secondary N) is 1. The summed E-state index contributed by atoms with van der Waals surface area (Å²) in [7, 11) is 0. The van der Waals surface area contributed by atoms with Crippen LogP contribution in [0.2, 0.25) is 5.02 Å². The van der Waals surface area contributed by atoms with Gasteiger partial charge < -0.3 is 10.4 Å². The van der Waals surface area contributed by atoms with Crippen molar-refractivity contribution in [1.82, 2.24) is 14.8 Å². The van der Waals surface area contributed by atoms with Crippen molar-refractivity contribution >= 4 is 17.4 Å². The van der Waals surface area contributed by atoms with E-state index < -0.39 is 6.10 Å². The van der Waals surface area contributed by atoms with Gasteiger partial charge in [0.15, 0.2) is 0 Å². The number of nitriles is 1. The molecule has 6 nitrogen and oxygen atoms in total. The molecule has 0 bridgehead atoms. The predicted molar refractivity (Wildman–Crippen MR) is 82.3 cm³/mol. The standard InChI is InChI=1S/C15H16ClN5O/c16-12-4-11(7-17)8-18-15(12)20-13-5-10(6-14(13)22)9-21-3-1-2-19-21/h1-4,8,10,13-14,22H,5-6,9H2,(H,18,20)/t10?,13-,14-/m1/s1. The SMILES string of the molecule is N#Cc1cnc(N[C@@H]2CC(Cn3cccn3)C[C@H]2O)c(Cl)c1. The predicted octanol–water partition coefficient (Wildman–Crippen LogP) is 2.05. The molecule has 114 valence electrons. The first kappa shape index (κ1) is 14.8. The lowest BCUT2D eigenvalue weighted by Gasteiger charge is -2.17. The Hall–Kier alpha value is -2.10. The third-order valence-corrected chi connectivity index (χ3v) is 4.21. The number of aliphatic hydroxyl groups excluding tert-OH is 1. The van der Waals surface area contributed by atoms with Crippen molar-refractivity contribution in [3.63, 3.8) is 0 Å². The van der Waals surface area contributed by atoms with Gasteiger partial charge in [-0.3, -0.25) is 4.68 Å². The molecule has 1 aliphatic rings. The van der Waals surface area contributed by atoms with Crippen molar-refractivity contribution in [1.29, 1.82) is 5.26 Å². The van der Waals surface area contributed by atoms with E-state index in [0.717, 1.165) is 13.0 Å². The summed E-state index contributed by atoms with van der Waals surface area (Å²) < 4.78 is 1.88. The number of halogens is 1. The van der Waals surface area contributed by atoms with Gasteiger partial charge in [-0.25, -0.2) is 4.98 Å². The number of rotatable bonds is 4. The maximum absolute atomic E-state index is 10.2. The quantitative estimate of drug-likeness (QED) is 0.901. The molecule has 1 saturated carbocycles. The molecule has 0 spiro atoms. The van der Waals surface area contributed by atoms with E-state index in [2.05, 4.69) is 15.4 Å². The van der Waals surface area contributed by atoms with Crippen LogP contribution in [-0.2, 0) is 6.54 Å². The number of hydrogen-bond acceptors (Lipinski definition) is 5. The van der Waals surface area contributed by atoms with E-state index in [-0.39, 0.29) is 6.04 Å². The van der Waals surface area contributed by atoms with E-state index in [0.29, 0.717) is 28.7 Å². The first-order valence-electron chi connectivity index (χ1n) is 7.13. The second kappa shape index (κ2) is 6.34. The summed E-state index contributed by atoms with van der Waals surface area (Å²) >= 11 is 6.11. The van der Waals surface area contributed by atoms with Crippen molar-refractivity contribution < 1.29 is 5.11 Å². The summed E-state index contributed by atoms with van der Waals surface area (Å²) in [6.07, 6.45) is 6.23. The van der Waals surface area contributed by atoms with Crippen molar-refractivity contribution in [2.45, 2.75) is 31.5 Å². The molecule has 22 heavy (non-hydrogen) atoms. The monoisotopic (exact) mass is 317 g/mol. The van der Waals surface area contributed by atoms with Gasteiger partial charge in [-0.1, -0.05) is 11.6 Å². The first-order valence-corrected chi connectivity index (χ1v) is 7.51. The van der Waals surface area contributed by atoms with Gasteiger partial charge in [0.05, 0.1) is 22.7 Å². The highest BCUT2D eigenvalue weighted by molar-refractivity contribution is 6.33. The Morgan fingerprint density at radius 2 is 2.36 bits per heavy atom. The van der Waals surface area contributed by atoms with Gasteiger partial charge >= 0.3 is 0 Å². The molecule has 2 N–H and O–H groups in total. The third-order valence-electron chi connectivity index (χ3n) is 3.92. The fraction of sp³-hybridized carbons (Fsp3) is 0.400. The summed E-state index contributed by atoms with van der Waals surface area (Å²) in [6.45, 7) is 0.788. The van der Waals surface area contributed by atoms with Crippen LogP contribution in [0.5, 0.6) is 0 Å². The Balaban J connectivity index is 1.64. The number of nitrogens with zero attached hydrogens (tertiary/aromatic N) is 4. The zero-order valence-electron chi connectivity index (χ0n) is 11.9. The summed E-state index contributed by atoms with van der Waals surface area (Å²) in [5, 5.41) is 26.8. The third kappa shape index (κ3) is 3.21. The molecular formula is C15H16ClN5O. The Bertz CT molecular complexity index is 682. The van der Waals surface area contributed by atoms with Gasteiger partial charge in [-0.15, -0.1) is 0 Å². The molecule has 0 aromatic carbocycles. The molecular weight excluding hydrogens is 302 g/mol. The maximum atomic E-state index is 10.2. The van der Waals surface area contributed by atoms with Crippen LogP contribution in [0.1, 0.15) is 18.4 Å². The number of anilines is 1. The zero-order valence-corrected chi connectivity index (χ0v) is 12.6. The highest BCUT2D eigenvalue weighted by atomic mass is 35.5. The maximum Gasteiger partial charge on any atom is 0.145 e.